The van der Waals surface area contributed by atoms with E-state index in [-0.39, 0.29) is 24.8 Å². The molecule has 0 aliphatic carbocycles. The predicted molar refractivity (Wildman–Crippen MR) is 107 cm³/mol. The maximum absolute atomic E-state index is 13.2. The van der Waals surface area contributed by atoms with E-state index in [1.807, 2.05) is 36.4 Å². The molecule has 0 bridgehead atoms. The van der Waals surface area contributed by atoms with E-state index in [1.54, 1.807) is 35.9 Å². The van der Waals surface area contributed by atoms with Gasteiger partial charge in [-0.05, 0) is 31.2 Å². The van der Waals surface area contributed by atoms with Gasteiger partial charge in [-0.1, -0.05) is 36.4 Å². The van der Waals surface area contributed by atoms with Crippen molar-refractivity contribution in [1.29, 1.82) is 0 Å². The third-order valence-electron chi connectivity index (χ3n) is 4.21. The smallest absolute Gasteiger partial charge is 0.344 e. The van der Waals surface area contributed by atoms with Gasteiger partial charge >= 0.3 is 12.0 Å². The third kappa shape index (κ3) is 3.60. The summed E-state index contributed by atoms with van der Waals surface area (Å²) in [6.07, 6.45) is 1.48. The Bertz CT molecular complexity index is 1200. The van der Waals surface area contributed by atoms with Crippen LogP contribution in [0.5, 0.6) is 6.01 Å². The SMILES string of the molecule is CCOC(=O)COc1nc2c(cnn2-c2ccccc2)c(=O)n1-c1ccccc1. The summed E-state index contributed by atoms with van der Waals surface area (Å²) in [4.78, 5) is 29.5. The van der Waals surface area contributed by atoms with Gasteiger partial charge in [0, 0.05) is 0 Å². The van der Waals surface area contributed by atoms with Gasteiger partial charge in [0.05, 0.1) is 24.2 Å². The first kappa shape index (κ1) is 18.4. The Kier molecular flexibility index (Phi) is 5.07. The minimum Gasteiger partial charge on any atom is -0.463 e. The second kappa shape index (κ2) is 7.97. The minimum atomic E-state index is -0.543. The zero-order valence-electron chi connectivity index (χ0n) is 15.7. The van der Waals surface area contributed by atoms with Crippen molar-refractivity contribution in [2.45, 2.75) is 6.92 Å². The van der Waals surface area contributed by atoms with Gasteiger partial charge in [-0.15, -0.1) is 0 Å². The van der Waals surface area contributed by atoms with E-state index in [9.17, 15) is 9.59 Å². The molecule has 8 nitrogen and oxygen atoms in total. The number of nitrogens with zero attached hydrogens (tertiary/aromatic N) is 4. The molecule has 0 unspecified atom stereocenters. The molecule has 29 heavy (non-hydrogen) atoms. The molecule has 0 saturated carbocycles. The van der Waals surface area contributed by atoms with Crippen LogP contribution in [0.3, 0.4) is 0 Å². The number of hydrogen-bond donors (Lipinski definition) is 0. The zero-order valence-corrected chi connectivity index (χ0v) is 15.7. The topological polar surface area (TPSA) is 88.2 Å². The lowest BCUT2D eigenvalue weighted by molar-refractivity contribution is -0.145. The largest absolute Gasteiger partial charge is 0.463 e. The number of para-hydroxylation sites is 2. The highest BCUT2D eigenvalue weighted by molar-refractivity contribution is 5.76. The minimum absolute atomic E-state index is 0.0144. The average molecular weight is 390 g/mol. The fourth-order valence-corrected chi connectivity index (χ4v) is 2.93. The summed E-state index contributed by atoms with van der Waals surface area (Å²) >= 11 is 0. The van der Waals surface area contributed by atoms with Gasteiger partial charge in [-0.3, -0.25) is 4.79 Å². The maximum atomic E-state index is 13.2. The van der Waals surface area contributed by atoms with Crippen LogP contribution in [0.1, 0.15) is 6.92 Å². The molecule has 0 atom stereocenters. The first-order valence-electron chi connectivity index (χ1n) is 9.09. The molecule has 2 aromatic heterocycles. The molecule has 0 aliphatic rings. The van der Waals surface area contributed by atoms with E-state index in [1.165, 1.54) is 10.8 Å². The van der Waals surface area contributed by atoms with Crippen molar-refractivity contribution in [3.05, 3.63) is 77.2 Å². The highest BCUT2D eigenvalue weighted by atomic mass is 16.6. The van der Waals surface area contributed by atoms with E-state index in [2.05, 4.69) is 10.1 Å². The average Bonchev–Trinajstić information content (AvgIpc) is 3.18. The lowest BCUT2D eigenvalue weighted by Crippen LogP contribution is -2.24. The Hall–Kier alpha value is -3.94. The summed E-state index contributed by atoms with van der Waals surface area (Å²) in [5, 5.41) is 4.66. The first-order valence-corrected chi connectivity index (χ1v) is 9.09. The summed E-state index contributed by atoms with van der Waals surface area (Å²) in [6.45, 7) is 1.58. The van der Waals surface area contributed by atoms with Crippen molar-refractivity contribution >= 4 is 17.0 Å². The van der Waals surface area contributed by atoms with Crippen LogP contribution in [0.25, 0.3) is 22.4 Å². The molecule has 8 heteroatoms. The van der Waals surface area contributed by atoms with E-state index in [4.69, 9.17) is 9.47 Å². The Balaban J connectivity index is 1.88. The molecular formula is C21H18N4O4. The lowest BCUT2D eigenvalue weighted by Gasteiger charge is -2.13. The van der Waals surface area contributed by atoms with Crippen LogP contribution in [-0.4, -0.2) is 38.5 Å². The van der Waals surface area contributed by atoms with Crippen LogP contribution in [0.15, 0.2) is 71.7 Å². The van der Waals surface area contributed by atoms with Gasteiger partial charge in [0.15, 0.2) is 12.3 Å². The van der Waals surface area contributed by atoms with Gasteiger partial charge in [-0.25, -0.2) is 14.0 Å². The third-order valence-corrected chi connectivity index (χ3v) is 4.21. The molecule has 2 heterocycles. The summed E-state index contributed by atoms with van der Waals surface area (Å²) in [5.74, 6) is -0.543. The summed E-state index contributed by atoms with van der Waals surface area (Å²) in [7, 11) is 0. The van der Waals surface area contributed by atoms with Crippen LogP contribution >= 0.6 is 0 Å². The van der Waals surface area contributed by atoms with Crippen molar-refractivity contribution in [2.24, 2.45) is 0 Å². The molecule has 0 N–H and O–H groups in total. The fourth-order valence-electron chi connectivity index (χ4n) is 2.93. The van der Waals surface area contributed by atoms with Crippen LogP contribution < -0.4 is 10.3 Å². The molecule has 0 amide bonds. The Labute approximate surface area is 165 Å². The number of benzene rings is 2. The number of carbonyl (C=O) groups excluding carboxylic acids is 1. The highest BCUT2D eigenvalue weighted by Crippen LogP contribution is 2.20. The molecule has 4 aromatic rings. The summed E-state index contributed by atoms with van der Waals surface area (Å²) in [5.41, 5.74) is 1.32. The van der Waals surface area contributed by atoms with Crippen LogP contribution in [0, 0.1) is 0 Å². The van der Waals surface area contributed by atoms with Gasteiger partial charge < -0.3 is 9.47 Å². The van der Waals surface area contributed by atoms with Gasteiger partial charge in [0.25, 0.3) is 5.56 Å². The van der Waals surface area contributed by atoms with E-state index < -0.39 is 5.97 Å². The molecule has 0 spiro atoms. The van der Waals surface area contributed by atoms with E-state index in [0.29, 0.717) is 16.7 Å². The molecule has 0 fully saturated rings. The second-order valence-electron chi connectivity index (χ2n) is 6.09. The second-order valence-corrected chi connectivity index (χ2v) is 6.09. The van der Waals surface area contributed by atoms with E-state index in [0.717, 1.165) is 5.69 Å². The van der Waals surface area contributed by atoms with Crippen molar-refractivity contribution in [3.8, 4) is 17.4 Å². The number of rotatable bonds is 6. The molecule has 0 radical (unpaired) electrons. The van der Waals surface area contributed by atoms with Crippen molar-refractivity contribution in [3.63, 3.8) is 0 Å². The Morgan fingerprint density at radius 1 is 1.00 bits per heavy atom. The van der Waals surface area contributed by atoms with Gasteiger partial charge in [-0.2, -0.15) is 10.1 Å². The van der Waals surface area contributed by atoms with Crippen LogP contribution in [0.4, 0.5) is 0 Å². The van der Waals surface area contributed by atoms with Gasteiger partial charge in [0.2, 0.25) is 0 Å². The summed E-state index contributed by atoms with van der Waals surface area (Å²) < 4.78 is 13.4. The predicted octanol–water partition coefficient (Wildman–Crippen LogP) is 2.51. The molecule has 146 valence electrons. The standard InChI is InChI=1S/C21H18N4O4/c1-2-28-18(26)14-29-21-23-19-17(13-22-25(19)16-11-7-4-8-12-16)20(27)24(21)15-9-5-3-6-10-15/h3-13H,2,14H2,1H3. The Morgan fingerprint density at radius 2 is 1.66 bits per heavy atom. The maximum Gasteiger partial charge on any atom is 0.344 e. The fraction of sp³-hybridized carbons (Fsp3) is 0.143. The van der Waals surface area contributed by atoms with Crippen molar-refractivity contribution < 1.29 is 14.3 Å². The number of carbonyl (C=O) groups is 1. The lowest BCUT2D eigenvalue weighted by atomic mass is 10.3. The van der Waals surface area contributed by atoms with Gasteiger partial charge in [0.1, 0.15) is 5.39 Å². The number of fused-ring (bicyclic) bond motifs is 1. The molecule has 2 aromatic carbocycles. The number of aromatic nitrogens is 4. The zero-order chi connectivity index (χ0) is 20.2. The molecule has 4 rings (SSSR count). The van der Waals surface area contributed by atoms with Crippen molar-refractivity contribution in [1.82, 2.24) is 19.3 Å². The quantitative estimate of drug-likeness (QED) is 0.470. The molecule has 0 saturated heterocycles. The first-order chi connectivity index (χ1) is 14.2. The number of esters is 1. The van der Waals surface area contributed by atoms with Crippen LogP contribution in [-0.2, 0) is 9.53 Å². The molecular weight excluding hydrogens is 372 g/mol. The number of hydrogen-bond acceptors (Lipinski definition) is 6. The Morgan fingerprint density at radius 3 is 2.31 bits per heavy atom. The highest BCUT2D eigenvalue weighted by Gasteiger charge is 2.19. The van der Waals surface area contributed by atoms with E-state index >= 15 is 0 Å². The monoisotopic (exact) mass is 390 g/mol. The number of ether oxygens (including phenoxy) is 2. The normalized spacial score (nSPS) is 10.8. The van der Waals surface area contributed by atoms with Crippen molar-refractivity contribution in [2.75, 3.05) is 13.2 Å². The summed E-state index contributed by atoms with van der Waals surface area (Å²) in [6, 6.07) is 18.3. The molecule has 0 aliphatic heterocycles. The van der Waals surface area contributed by atoms with Crippen LogP contribution in [0.2, 0.25) is 0 Å².